The Bertz CT molecular complexity index is 412. The summed E-state index contributed by atoms with van der Waals surface area (Å²) >= 11 is 0. The zero-order chi connectivity index (χ0) is 18.7. The first-order valence-electron chi connectivity index (χ1n) is 9.58. The molecule has 7 nitrogen and oxygen atoms in total. The topological polar surface area (TPSA) is 69.2 Å². The molecule has 1 aliphatic heterocycles. The van der Waals surface area contributed by atoms with Crippen LogP contribution in [0, 0.1) is 0 Å². The van der Waals surface area contributed by atoms with Crippen molar-refractivity contribution in [1.29, 1.82) is 0 Å². The lowest BCUT2D eigenvalue weighted by molar-refractivity contribution is 0.0145. The Labute approximate surface area is 153 Å². The fourth-order valence-corrected chi connectivity index (χ4v) is 2.56. The van der Waals surface area contributed by atoms with Crippen molar-refractivity contribution in [3.05, 3.63) is 0 Å². The Hall–Kier alpha value is -1.50. The first-order valence-corrected chi connectivity index (χ1v) is 9.58. The predicted octanol–water partition coefficient (Wildman–Crippen LogP) is 1.89. The average molecular weight is 356 g/mol. The van der Waals surface area contributed by atoms with Gasteiger partial charge in [0.25, 0.3) is 0 Å². The number of nitrogens with one attached hydrogen (secondary N) is 2. The van der Waals surface area contributed by atoms with Crippen LogP contribution in [0.25, 0.3) is 0 Å². The maximum atomic E-state index is 12.1. The maximum Gasteiger partial charge on any atom is 0.410 e. The number of nitrogens with zero attached hydrogens (tertiary/aromatic N) is 3. The second-order valence-electron chi connectivity index (χ2n) is 7.35. The number of carbonyl (C=O) groups is 1. The number of hydrogen-bond acceptors (Lipinski definition) is 4. The summed E-state index contributed by atoms with van der Waals surface area (Å²) in [5.74, 6) is 0.902. The first kappa shape index (κ1) is 21.5. The fraction of sp³-hybridized carbons (Fsp3) is 0.889. The quantitative estimate of drug-likeness (QED) is 0.415. The summed E-state index contributed by atoms with van der Waals surface area (Å²) in [4.78, 5) is 20.8. The van der Waals surface area contributed by atoms with Gasteiger partial charge >= 0.3 is 6.09 Å². The number of ether oxygens (including phenoxy) is 1. The van der Waals surface area contributed by atoms with Crippen molar-refractivity contribution in [2.24, 2.45) is 4.99 Å². The van der Waals surface area contributed by atoms with E-state index in [1.165, 1.54) is 0 Å². The van der Waals surface area contributed by atoms with Gasteiger partial charge in [0, 0.05) is 45.8 Å². The molecule has 1 aliphatic rings. The summed E-state index contributed by atoms with van der Waals surface area (Å²) in [6.07, 6.45) is 1.91. The summed E-state index contributed by atoms with van der Waals surface area (Å²) < 4.78 is 5.43. The number of amides is 1. The van der Waals surface area contributed by atoms with Crippen LogP contribution in [-0.2, 0) is 4.74 Å². The smallest absolute Gasteiger partial charge is 0.410 e. The molecule has 0 aliphatic carbocycles. The van der Waals surface area contributed by atoms with E-state index in [-0.39, 0.29) is 6.09 Å². The lowest BCUT2D eigenvalue weighted by atomic mass is 10.2. The molecule has 0 aromatic heterocycles. The summed E-state index contributed by atoms with van der Waals surface area (Å²) in [5, 5.41) is 6.64. The SMILES string of the molecule is CCCN=C(NCC)NCCCN1CCN(C(=O)OC(C)(C)C)CC1. The third kappa shape index (κ3) is 9.53. The molecule has 0 bridgehead atoms. The predicted molar refractivity (Wildman–Crippen MR) is 103 cm³/mol. The van der Waals surface area contributed by atoms with Gasteiger partial charge in [0.2, 0.25) is 0 Å². The highest BCUT2D eigenvalue weighted by Crippen LogP contribution is 2.11. The van der Waals surface area contributed by atoms with E-state index in [1.54, 1.807) is 4.90 Å². The molecule has 146 valence electrons. The van der Waals surface area contributed by atoms with Gasteiger partial charge in [-0.05, 0) is 47.1 Å². The van der Waals surface area contributed by atoms with Crippen LogP contribution in [-0.4, -0.2) is 79.8 Å². The molecule has 0 aromatic rings. The first-order chi connectivity index (χ1) is 11.9. The van der Waals surface area contributed by atoms with Crippen molar-refractivity contribution >= 4 is 12.1 Å². The highest BCUT2D eigenvalue weighted by Gasteiger charge is 2.25. The molecule has 1 rings (SSSR count). The minimum atomic E-state index is -0.427. The fourth-order valence-electron chi connectivity index (χ4n) is 2.56. The summed E-state index contributed by atoms with van der Waals surface area (Å²) in [6.45, 7) is 16.9. The van der Waals surface area contributed by atoms with Gasteiger partial charge in [-0.2, -0.15) is 0 Å². The zero-order valence-corrected chi connectivity index (χ0v) is 16.7. The van der Waals surface area contributed by atoms with Gasteiger partial charge in [0.05, 0.1) is 0 Å². The van der Waals surface area contributed by atoms with E-state index in [2.05, 4.69) is 34.4 Å². The summed E-state index contributed by atoms with van der Waals surface area (Å²) in [6, 6.07) is 0. The monoisotopic (exact) mass is 355 g/mol. The third-order valence-electron chi connectivity index (χ3n) is 3.81. The molecule has 0 radical (unpaired) electrons. The molecule has 25 heavy (non-hydrogen) atoms. The van der Waals surface area contributed by atoms with E-state index in [1.807, 2.05) is 20.8 Å². The van der Waals surface area contributed by atoms with Crippen molar-refractivity contribution < 1.29 is 9.53 Å². The zero-order valence-electron chi connectivity index (χ0n) is 16.7. The number of rotatable bonds is 7. The van der Waals surface area contributed by atoms with E-state index in [0.717, 1.165) is 71.2 Å². The molecule has 2 N–H and O–H groups in total. The standard InChI is InChI=1S/C18H37N5O2/c1-6-9-20-16(19-7-2)21-10-8-11-22-12-14-23(15-13-22)17(24)25-18(3,4)5/h6-15H2,1-5H3,(H2,19,20,21). The molecular weight excluding hydrogens is 318 g/mol. The van der Waals surface area contributed by atoms with E-state index in [4.69, 9.17) is 4.74 Å². The third-order valence-corrected chi connectivity index (χ3v) is 3.81. The number of piperazine rings is 1. The molecule has 0 atom stereocenters. The van der Waals surface area contributed by atoms with Gasteiger partial charge in [-0.3, -0.25) is 9.89 Å². The Balaban J connectivity index is 2.21. The maximum absolute atomic E-state index is 12.1. The lowest BCUT2D eigenvalue weighted by Crippen LogP contribution is -2.50. The molecule has 0 unspecified atom stereocenters. The van der Waals surface area contributed by atoms with Crippen LogP contribution in [0.4, 0.5) is 4.79 Å². The Morgan fingerprint density at radius 1 is 1.12 bits per heavy atom. The normalized spacial score (nSPS) is 16.7. The van der Waals surface area contributed by atoms with Crippen LogP contribution in [0.15, 0.2) is 4.99 Å². The van der Waals surface area contributed by atoms with Gasteiger partial charge in [-0.15, -0.1) is 0 Å². The second-order valence-corrected chi connectivity index (χ2v) is 7.35. The van der Waals surface area contributed by atoms with Crippen LogP contribution < -0.4 is 10.6 Å². The van der Waals surface area contributed by atoms with Crippen LogP contribution in [0.5, 0.6) is 0 Å². The second kappa shape index (κ2) is 11.2. The number of hydrogen-bond donors (Lipinski definition) is 2. The largest absolute Gasteiger partial charge is 0.444 e. The molecule has 0 aromatic carbocycles. The number of carbonyl (C=O) groups excluding carboxylic acids is 1. The molecule has 1 heterocycles. The van der Waals surface area contributed by atoms with Crippen molar-refractivity contribution in [1.82, 2.24) is 20.4 Å². The highest BCUT2D eigenvalue weighted by molar-refractivity contribution is 5.79. The van der Waals surface area contributed by atoms with Crippen LogP contribution in [0.1, 0.15) is 47.5 Å². The summed E-state index contributed by atoms with van der Waals surface area (Å²) in [5.41, 5.74) is -0.427. The molecule has 1 amide bonds. The van der Waals surface area contributed by atoms with Crippen molar-refractivity contribution in [3.8, 4) is 0 Å². The van der Waals surface area contributed by atoms with Gasteiger partial charge in [0.1, 0.15) is 5.60 Å². The summed E-state index contributed by atoms with van der Waals surface area (Å²) in [7, 11) is 0. The molecule has 1 fully saturated rings. The van der Waals surface area contributed by atoms with Gasteiger partial charge in [-0.1, -0.05) is 6.92 Å². The van der Waals surface area contributed by atoms with E-state index < -0.39 is 5.60 Å². The van der Waals surface area contributed by atoms with E-state index >= 15 is 0 Å². The Kier molecular flexibility index (Phi) is 9.63. The van der Waals surface area contributed by atoms with E-state index in [9.17, 15) is 4.79 Å². The van der Waals surface area contributed by atoms with Gasteiger partial charge < -0.3 is 20.3 Å². The number of aliphatic imine (C=N–C) groups is 1. The average Bonchev–Trinajstić information content (AvgIpc) is 2.55. The molecule has 0 saturated carbocycles. The molecule has 7 heteroatoms. The van der Waals surface area contributed by atoms with Crippen LogP contribution in [0.3, 0.4) is 0 Å². The Morgan fingerprint density at radius 3 is 2.36 bits per heavy atom. The van der Waals surface area contributed by atoms with Crippen LogP contribution >= 0.6 is 0 Å². The van der Waals surface area contributed by atoms with Crippen molar-refractivity contribution in [3.63, 3.8) is 0 Å². The van der Waals surface area contributed by atoms with Gasteiger partial charge in [0.15, 0.2) is 5.96 Å². The number of guanidine groups is 1. The van der Waals surface area contributed by atoms with E-state index in [0.29, 0.717) is 0 Å². The van der Waals surface area contributed by atoms with Crippen molar-refractivity contribution in [2.45, 2.75) is 53.1 Å². The van der Waals surface area contributed by atoms with Crippen molar-refractivity contribution in [2.75, 3.05) is 52.4 Å². The lowest BCUT2D eigenvalue weighted by Gasteiger charge is -2.35. The molecule has 1 saturated heterocycles. The van der Waals surface area contributed by atoms with Gasteiger partial charge in [-0.25, -0.2) is 4.79 Å². The highest BCUT2D eigenvalue weighted by atomic mass is 16.6. The minimum absolute atomic E-state index is 0.198. The Morgan fingerprint density at radius 2 is 1.80 bits per heavy atom. The van der Waals surface area contributed by atoms with Crippen LogP contribution in [0.2, 0.25) is 0 Å². The molecular formula is C18H37N5O2. The minimum Gasteiger partial charge on any atom is -0.444 e. The molecule has 0 spiro atoms.